The summed E-state index contributed by atoms with van der Waals surface area (Å²) >= 11 is 2.03. The largest absolute Gasteiger partial charge is 0.312 e. The van der Waals surface area contributed by atoms with Crippen molar-refractivity contribution in [3.63, 3.8) is 0 Å². The first-order valence-corrected chi connectivity index (χ1v) is 17.0. The minimum Gasteiger partial charge on any atom is -0.312 e. The predicted octanol–water partition coefficient (Wildman–Crippen LogP) is 11.1. The quantitative estimate of drug-likeness (QED) is 0.179. The van der Waals surface area contributed by atoms with Crippen molar-refractivity contribution in [2.45, 2.75) is 24.5 Å². The third kappa shape index (κ3) is 4.14. The molecule has 0 saturated heterocycles. The first kappa shape index (κ1) is 28.1. The summed E-state index contributed by atoms with van der Waals surface area (Å²) in [5, 5.41) is 2.55. The summed E-state index contributed by atoms with van der Waals surface area (Å²) in [6.07, 6.45) is 8.89. The molecule has 3 nitrogen and oxygen atoms in total. The molecule has 1 aliphatic heterocycles. The number of thioether (sulfide) groups is 1. The number of hydrogen-bond acceptors (Lipinski definition) is 3. The molecule has 2 unspecified atom stereocenters. The highest BCUT2D eigenvalue weighted by Crippen LogP contribution is 2.67. The molecule has 0 amide bonds. The lowest BCUT2D eigenvalue weighted by Crippen LogP contribution is -2.25. The van der Waals surface area contributed by atoms with Gasteiger partial charge in [0.2, 0.25) is 0 Å². The van der Waals surface area contributed by atoms with Crippen molar-refractivity contribution < 1.29 is 0 Å². The van der Waals surface area contributed by atoms with Crippen LogP contribution in [-0.4, -0.2) is 14.5 Å². The van der Waals surface area contributed by atoms with Crippen LogP contribution in [0.15, 0.2) is 140 Å². The van der Waals surface area contributed by atoms with E-state index in [4.69, 9.17) is 9.97 Å². The fourth-order valence-electron chi connectivity index (χ4n) is 7.90. The van der Waals surface area contributed by atoms with Crippen molar-refractivity contribution in [2.75, 3.05) is 0 Å². The second kappa shape index (κ2) is 10.4. The lowest BCUT2D eigenvalue weighted by atomic mass is 9.73. The van der Waals surface area contributed by atoms with Gasteiger partial charge in [-0.25, -0.2) is 9.97 Å². The molecule has 2 atom stereocenters. The molecule has 0 radical (unpaired) electrons. The summed E-state index contributed by atoms with van der Waals surface area (Å²) in [6.45, 7) is 13.8. The number of nitrogens with zero attached hydrogens (tertiary/aromatic N) is 3. The van der Waals surface area contributed by atoms with E-state index in [1.165, 1.54) is 38.2 Å². The van der Waals surface area contributed by atoms with E-state index in [-0.39, 0.29) is 10.7 Å². The average Bonchev–Trinajstić information content (AvgIpc) is 3.74. The van der Waals surface area contributed by atoms with E-state index in [0.29, 0.717) is 11.7 Å². The van der Waals surface area contributed by atoms with Crippen LogP contribution >= 0.6 is 11.8 Å². The van der Waals surface area contributed by atoms with Gasteiger partial charge in [0.1, 0.15) is 0 Å². The summed E-state index contributed by atoms with van der Waals surface area (Å²) in [5.74, 6) is 0.934. The number of rotatable bonds is 5. The van der Waals surface area contributed by atoms with Crippen LogP contribution in [-0.2, 0) is 5.41 Å². The molecule has 0 fully saturated rings. The van der Waals surface area contributed by atoms with E-state index in [1.54, 1.807) is 5.57 Å². The van der Waals surface area contributed by atoms with Crippen LogP contribution in [0.3, 0.4) is 0 Å². The maximum absolute atomic E-state index is 5.02. The van der Waals surface area contributed by atoms with Crippen molar-refractivity contribution >= 4 is 55.8 Å². The van der Waals surface area contributed by atoms with E-state index in [9.17, 15) is 0 Å². The second-order valence-corrected chi connectivity index (χ2v) is 14.3. The third-order valence-electron chi connectivity index (χ3n) is 10.1. The van der Waals surface area contributed by atoms with Gasteiger partial charge >= 0.3 is 0 Å². The van der Waals surface area contributed by atoms with E-state index in [0.717, 1.165) is 33.4 Å². The van der Waals surface area contributed by atoms with Crippen LogP contribution < -0.4 is 0 Å². The third-order valence-corrected chi connectivity index (χ3v) is 11.5. The zero-order chi connectivity index (χ0) is 31.9. The highest BCUT2D eigenvalue weighted by atomic mass is 32.2. The molecule has 4 heteroatoms. The Balaban J connectivity index is 1.11. The van der Waals surface area contributed by atoms with Crippen molar-refractivity contribution in [1.29, 1.82) is 0 Å². The number of fused-ring (bicyclic) bond motifs is 9. The zero-order valence-electron chi connectivity index (χ0n) is 26.4. The lowest BCUT2D eigenvalue weighted by Gasteiger charge is -2.33. The van der Waals surface area contributed by atoms with Crippen LogP contribution in [0.4, 0.5) is 0 Å². The molecule has 2 aliphatic carbocycles. The Hall–Kier alpha value is -5.19. The maximum Gasteiger partial charge on any atom is 0.159 e. The Morgan fingerprint density at radius 2 is 1.53 bits per heavy atom. The Labute approximate surface area is 279 Å². The first-order chi connectivity index (χ1) is 22.9. The minimum atomic E-state index is -0.00978. The predicted molar refractivity (Wildman–Crippen MR) is 200 cm³/mol. The molecule has 6 aromatic rings. The minimum absolute atomic E-state index is 0.00978. The van der Waals surface area contributed by atoms with Crippen LogP contribution in [0.2, 0.25) is 0 Å². The average molecular weight is 624 g/mol. The van der Waals surface area contributed by atoms with Gasteiger partial charge < -0.3 is 4.57 Å². The number of hydrogen-bond donors (Lipinski definition) is 0. The highest BCUT2D eigenvalue weighted by molar-refractivity contribution is 8.08. The molecule has 4 aromatic carbocycles. The molecule has 226 valence electrons. The van der Waals surface area contributed by atoms with Gasteiger partial charge in [0.15, 0.2) is 5.82 Å². The normalized spacial score (nSPS) is 18.9. The molecule has 9 rings (SSSR count). The molecule has 0 saturated carbocycles. The summed E-state index contributed by atoms with van der Waals surface area (Å²) in [7, 11) is 0. The van der Waals surface area contributed by atoms with Crippen molar-refractivity contribution in [3.05, 3.63) is 168 Å². The van der Waals surface area contributed by atoms with Gasteiger partial charge in [-0.1, -0.05) is 130 Å². The van der Waals surface area contributed by atoms with E-state index >= 15 is 0 Å². The topological polar surface area (TPSA) is 30.7 Å². The molecule has 0 N–H and O–H groups in total. The Morgan fingerprint density at radius 3 is 2.38 bits per heavy atom. The van der Waals surface area contributed by atoms with Crippen LogP contribution in [0.1, 0.15) is 47.3 Å². The Kier molecular flexibility index (Phi) is 6.22. The van der Waals surface area contributed by atoms with Crippen LogP contribution in [0.5, 0.6) is 0 Å². The molecule has 2 aromatic heterocycles. The van der Waals surface area contributed by atoms with Gasteiger partial charge in [0.25, 0.3) is 0 Å². The van der Waals surface area contributed by atoms with Crippen LogP contribution in [0, 0.1) is 5.92 Å². The number of benzene rings is 4. The molecular formula is C43H33N3S. The smallest absolute Gasteiger partial charge is 0.159 e. The number of para-hydroxylation sites is 2. The summed E-state index contributed by atoms with van der Waals surface area (Å²) in [5.41, 5.74) is 12.7. The molecule has 0 spiro atoms. The van der Waals surface area contributed by atoms with E-state index < -0.39 is 0 Å². The van der Waals surface area contributed by atoms with Gasteiger partial charge in [-0.2, -0.15) is 0 Å². The van der Waals surface area contributed by atoms with E-state index in [2.05, 4.69) is 117 Å². The monoisotopic (exact) mass is 623 g/mol. The summed E-state index contributed by atoms with van der Waals surface area (Å²) in [4.78, 5) is 11.4. The number of aromatic nitrogens is 3. The SMILES string of the molecule is C=C(/C=C\C(=C)n1c2c(c3ccccc31)C=CC1C3=C(SC21)c1ccccc1C3(C)C)c1nc(-c2ccccc2)c2ccccc2n1. The van der Waals surface area contributed by atoms with Crippen molar-refractivity contribution in [3.8, 4) is 11.3 Å². The zero-order valence-corrected chi connectivity index (χ0v) is 27.3. The summed E-state index contributed by atoms with van der Waals surface area (Å²) in [6, 6.07) is 36.1. The van der Waals surface area contributed by atoms with Crippen molar-refractivity contribution in [2.24, 2.45) is 5.92 Å². The standard InChI is InChI=1S/C43H33N3S/c1-26(42-44-35-20-12-9-18-32(35)38(45-42)28-14-6-5-7-15-28)22-23-27(2)46-36-21-13-10-16-29(36)30-24-25-33-37-40(47-41(33)39(30)46)31-17-8-11-19-34(31)43(37,3)4/h5-25,33,41H,1-2H2,3-4H3/b23-22-. The molecular weight excluding hydrogens is 591 g/mol. The van der Waals surface area contributed by atoms with Gasteiger partial charge in [-0.3, -0.25) is 0 Å². The fourth-order valence-corrected chi connectivity index (χ4v) is 9.70. The second-order valence-electron chi connectivity index (χ2n) is 13.1. The fraction of sp³-hybridized carbons (Fsp3) is 0.116. The molecule has 3 aliphatic rings. The Bertz CT molecular complexity index is 2400. The van der Waals surface area contributed by atoms with Crippen molar-refractivity contribution in [1.82, 2.24) is 14.5 Å². The molecule has 0 bridgehead atoms. The van der Waals surface area contributed by atoms with E-state index in [1.807, 2.05) is 54.2 Å². The van der Waals surface area contributed by atoms with Gasteiger partial charge in [0.05, 0.1) is 22.0 Å². The van der Waals surface area contributed by atoms with Gasteiger partial charge in [-0.15, -0.1) is 11.8 Å². The molecule has 47 heavy (non-hydrogen) atoms. The Morgan fingerprint density at radius 1 is 0.809 bits per heavy atom. The highest BCUT2D eigenvalue weighted by Gasteiger charge is 2.50. The lowest BCUT2D eigenvalue weighted by molar-refractivity contribution is 0.551. The molecule has 3 heterocycles. The van der Waals surface area contributed by atoms with Gasteiger partial charge in [0, 0.05) is 55.1 Å². The van der Waals surface area contributed by atoms with Gasteiger partial charge in [-0.05, 0) is 41.0 Å². The number of allylic oxidation sites excluding steroid dienone is 6. The maximum atomic E-state index is 5.02. The van der Waals surface area contributed by atoms with Crippen LogP contribution in [0.25, 0.3) is 55.3 Å². The summed E-state index contributed by atoms with van der Waals surface area (Å²) < 4.78 is 2.38. The first-order valence-electron chi connectivity index (χ1n) is 16.1.